The number of nitrogens with one attached hydrogen (secondary N) is 1. The maximum Gasteiger partial charge on any atom is 0.267 e. The fourth-order valence-electron chi connectivity index (χ4n) is 2.46. The molecule has 2 aromatic heterocycles. The van der Waals surface area contributed by atoms with Gasteiger partial charge in [-0.3, -0.25) is 14.9 Å². The van der Waals surface area contributed by atoms with Crippen LogP contribution >= 0.6 is 22.7 Å². The van der Waals surface area contributed by atoms with E-state index in [0.717, 1.165) is 11.3 Å². The van der Waals surface area contributed by atoms with Crippen molar-refractivity contribution in [3.8, 4) is 17.0 Å². The van der Waals surface area contributed by atoms with Crippen LogP contribution in [0.15, 0.2) is 41.1 Å². The molecular formula is C17H13N3O3S2. The monoisotopic (exact) mass is 371 g/mol. The summed E-state index contributed by atoms with van der Waals surface area (Å²) in [5.74, 6) is 0.416. The van der Waals surface area contributed by atoms with Gasteiger partial charge in [0.2, 0.25) is 0 Å². The lowest BCUT2D eigenvalue weighted by Crippen LogP contribution is -2.35. The number of fused-ring (bicyclic) bond motifs is 1. The second-order valence-corrected chi connectivity index (χ2v) is 7.20. The van der Waals surface area contributed by atoms with E-state index in [9.17, 15) is 9.59 Å². The molecule has 126 valence electrons. The topological polar surface area (TPSA) is 71.5 Å². The van der Waals surface area contributed by atoms with Crippen LogP contribution in [0.2, 0.25) is 0 Å². The lowest BCUT2D eigenvalue weighted by atomic mass is 10.1. The Kier molecular flexibility index (Phi) is 3.98. The highest BCUT2D eigenvalue weighted by atomic mass is 32.1. The molecular weight excluding hydrogens is 358 g/mol. The van der Waals surface area contributed by atoms with Crippen molar-refractivity contribution in [1.29, 1.82) is 0 Å². The van der Waals surface area contributed by atoms with E-state index in [1.54, 1.807) is 18.0 Å². The zero-order valence-electron chi connectivity index (χ0n) is 13.2. The molecule has 6 nitrogen and oxygen atoms in total. The standard InChI is InChI=1S/C17H13N3O3S2/c1-20-12-7-10(4-5-13(12)23-8-15(20)21)11-9-25-17(18-11)19-16(22)14-3-2-6-24-14/h2-7,9H,8H2,1H3,(H,18,19,22). The number of anilines is 2. The van der Waals surface area contributed by atoms with Crippen molar-refractivity contribution in [1.82, 2.24) is 4.98 Å². The molecule has 1 aromatic carbocycles. The summed E-state index contributed by atoms with van der Waals surface area (Å²) in [6.45, 7) is 0.0540. The van der Waals surface area contributed by atoms with E-state index in [1.165, 1.54) is 22.7 Å². The molecule has 0 saturated carbocycles. The Balaban J connectivity index is 1.58. The first-order chi connectivity index (χ1) is 12.1. The zero-order valence-corrected chi connectivity index (χ0v) is 14.8. The number of hydrogen-bond donors (Lipinski definition) is 1. The van der Waals surface area contributed by atoms with Gasteiger partial charge in [-0.05, 0) is 29.6 Å². The summed E-state index contributed by atoms with van der Waals surface area (Å²) in [6, 6.07) is 9.19. The molecule has 2 amide bonds. The third-order valence-corrected chi connectivity index (χ3v) is 5.44. The Morgan fingerprint density at radius 3 is 3.00 bits per heavy atom. The number of thiophene rings is 1. The molecule has 0 spiro atoms. The molecule has 3 aromatic rings. The van der Waals surface area contributed by atoms with Crippen molar-refractivity contribution < 1.29 is 14.3 Å². The summed E-state index contributed by atoms with van der Waals surface area (Å²) in [6.07, 6.45) is 0. The van der Waals surface area contributed by atoms with Crippen LogP contribution < -0.4 is 15.0 Å². The number of likely N-dealkylation sites (N-methyl/N-ethyl adjacent to an activating group) is 1. The minimum absolute atomic E-state index is 0.0540. The minimum Gasteiger partial charge on any atom is -0.482 e. The van der Waals surface area contributed by atoms with E-state index in [0.29, 0.717) is 21.4 Å². The van der Waals surface area contributed by atoms with Gasteiger partial charge in [0.1, 0.15) is 5.75 Å². The molecule has 0 aliphatic carbocycles. The molecule has 0 fully saturated rings. The molecule has 0 saturated heterocycles. The quantitative estimate of drug-likeness (QED) is 0.765. The van der Waals surface area contributed by atoms with Crippen LogP contribution in [-0.2, 0) is 4.79 Å². The molecule has 0 bridgehead atoms. The van der Waals surface area contributed by atoms with Crippen LogP contribution in [0.4, 0.5) is 10.8 Å². The van der Waals surface area contributed by atoms with E-state index >= 15 is 0 Å². The first-order valence-electron chi connectivity index (χ1n) is 7.46. The highest BCUT2D eigenvalue weighted by Gasteiger charge is 2.23. The number of carbonyl (C=O) groups is 2. The largest absolute Gasteiger partial charge is 0.482 e. The summed E-state index contributed by atoms with van der Waals surface area (Å²) in [5.41, 5.74) is 2.31. The maximum absolute atomic E-state index is 12.1. The van der Waals surface area contributed by atoms with Gasteiger partial charge in [0.15, 0.2) is 11.7 Å². The summed E-state index contributed by atoms with van der Waals surface area (Å²) in [4.78, 5) is 30.6. The molecule has 4 rings (SSSR count). The van der Waals surface area contributed by atoms with Gasteiger partial charge in [0, 0.05) is 18.0 Å². The highest BCUT2D eigenvalue weighted by molar-refractivity contribution is 7.14. The van der Waals surface area contributed by atoms with Crippen molar-refractivity contribution in [2.75, 3.05) is 23.9 Å². The fourth-order valence-corrected chi connectivity index (χ4v) is 3.80. The van der Waals surface area contributed by atoms with Crippen LogP contribution in [0.5, 0.6) is 5.75 Å². The minimum atomic E-state index is -0.167. The van der Waals surface area contributed by atoms with Crippen molar-refractivity contribution in [3.05, 3.63) is 46.0 Å². The predicted octanol–water partition coefficient (Wildman–Crippen LogP) is 3.48. The number of carbonyl (C=O) groups excluding carboxylic acids is 2. The lowest BCUT2D eigenvalue weighted by molar-refractivity contribution is -0.120. The van der Waals surface area contributed by atoms with Crippen LogP contribution in [0.3, 0.4) is 0 Å². The first-order valence-corrected chi connectivity index (χ1v) is 9.22. The third-order valence-electron chi connectivity index (χ3n) is 3.81. The molecule has 0 unspecified atom stereocenters. The Morgan fingerprint density at radius 2 is 2.20 bits per heavy atom. The second kappa shape index (κ2) is 6.30. The van der Waals surface area contributed by atoms with Crippen LogP contribution in [0.25, 0.3) is 11.3 Å². The van der Waals surface area contributed by atoms with Gasteiger partial charge < -0.3 is 9.64 Å². The van der Waals surface area contributed by atoms with E-state index in [4.69, 9.17) is 4.74 Å². The molecule has 1 N–H and O–H groups in total. The van der Waals surface area contributed by atoms with E-state index in [1.807, 2.05) is 35.0 Å². The smallest absolute Gasteiger partial charge is 0.267 e. The summed E-state index contributed by atoms with van der Waals surface area (Å²) < 4.78 is 5.43. The van der Waals surface area contributed by atoms with Crippen LogP contribution in [-0.4, -0.2) is 30.5 Å². The number of rotatable bonds is 3. The maximum atomic E-state index is 12.1. The number of hydrogen-bond acceptors (Lipinski definition) is 6. The Morgan fingerprint density at radius 1 is 1.32 bits per heavy atom. The van der Waals surface area contributed by atoms with Crippen molar-refractivity contribution in [3.63, 3.8) is 0 Å². The first kappa shape index (κ1) is 15.8. The van der Waals surface area contributed by atoms with Gasteiger partial charge in [-0.15, -0.1) is 22.7 Å². The Bertz CT molecular complexity index is 950. The zero-order chi connectivity index (χ0) is 17.4. The van der Waals surface area contributed by atoms with Crippen molar-refractivity contribution >= 4 is 45.3 Å². The number of benzene rings is 1. The summed E-state index contributed by atoms with van der Waals surface area (Å²) in [5, 5.41) is 7.06. The number of aromatic nitrogens is 1. The SMILES string of the molecule is CN1C(=O)COc2ccc(-c3csc(NC(=O)c4cccs4)n3)cc21. The molecule has 1 aliphatic heterocycles. The normalized spacial score (nSPS) is 13.3. The van der Waals surface area contributed by atoms with Gasteiger partial charge in [0.05, 0.1) is 16.3 Å². The van der Waals surface area contributed by atoms with Crippen molar-refractivity contribution in [2.45, 2.75) is 0 Å². The number of amides is 2. The highest BCUT2D eigenvalue weighted by Crippen LogP contribution is 2.36. The number of thiazole rings is 1. The van der Waals surface area contributed by atoms with Gasteiger partial charge in [-0.1, -0.05) is 6.07 Å². The van der Waals surface area contributed by atoms with Gasteiger partial charge in [-0.25, -0.2) is 4.98 Å². The van der Waals surface area contributed by atoms with Gasteiger partial charge in [-0.2, -0.15) is 0 Å². The molecule has 0 radical (unpaired) electrons. The van der Waals surface area contributed by atoms with Crippen LogP contribution in [0.1, 0.15) is 9.67 Å². The Labute approximate surface area is 151 Å². The average molecular weight is 371 g/mol. The second-order valence-electron chi connectivity index (χ2n) is 5.39. The Hall–Kier alpha value is -2.71. The van der Waals surface area contributed by atoms with Gasteiger partial charge >= 0.3 is 0 Å². The van der Waals surface area contributed by atoms with Gasteiger partial charge in [0.25, 0.3) is 11.8 Å². The average Bonchev–Trinajstić information content (AvgIpc) is 3.30. The molecule has 1 aliphatic rings. The molecule has 3 heterocycles. The predicted molar refractivity (Wildman–Crippen MR) is 98.7 cm³/mol. The summed E-state index contributed by atoms with van der Waals surface area (Å²) >= 11 is 2.74. The van der Waals surface area contributed by atoms with Crippen LogP contribution in [0, 0.1) is 0 Å². The van der Waals surface area contributed by atoms with E-state index in [2.05, 4.69) is 10.3 Å². The number of ether oxygens (including phenoxy) is 1. The molecule has 25 heavy (non-hydrogen) atoms. The van der Waals surface area contributed by atoms with E-state index < -0.39 is 0 Å². The molecule has 8 heteroatoms. The molecule has 0 atom stereocenters. The van der Waals surface area contributed by atoms with Crippen molar-refractivity contribution in [2.24, 2.45) is 0 Å². The summed E-state index contributed by atoms with van der Waals surface area (Å²) in [7, 11) is 1.72. The lowest BCUT2D eigenvalue weighted by Gasteiger charge is -2.26. The number of nitrogens with zero attached hydrogens (tertiary/aromatic N) is 2. The van der Waals surface area contributed by atoms with E-state index in [-0.39, 0.29) is 18.4 Å². The fraction of sp³-hybridized carbons (Fsp3) is 0.118. The third kappa shape index (κ3) is 3.01.